The van der Waals surface area contributed by atoms with E-state index in [-0.39, 0.29) is 0 Å². The predicted molar refractivity (Wildman–Crippen MR) is 113 cm³/mol. The van der Waals surface area contributed by atoms with Crippen molar-refractivity contribution < 1.29 is 19.2 Å². The normalized spacial score (nSPS) is 14.1. The molecular weight excluding hydrogens is 380 g/mol. The average molecular weight is 398 g/mol. The molecule has 0 saturated carbocycles. The lowest BCUT2D eigenvalue weighted by Crippen LogP contribution is -2.26. The van der Waals surface area contributed by atoms with Crippen LogP contribution in [0.15, 0.2) is 66.7 Å². The molecule has 2 aliphatic rings. The van der Waals surface area contributed by atoms with Gasteiger partial charge in [-0.3, -0.25) is 24.1 Å². The topological polar surface area (TPSA) is 83.6 Å². The van der Waals surface area contributed by atoms with E-state index in [9.17, 15) is 19.2 Å². The summed E-state index contributed by atoms with van der Waals surface area (Å²) < 4.78 is 0. The highest BCUT2D eigenvalue weighted by molar-refractivity contribution is 6.54. The third-order valence-electron chi connectivity index (χ3n) is 5.08. The van der Waals surface area contributed by atoms with Crippen molar-refractivity contribution in [3.63, 3.8) is 0 Å². The van der Waals surface area contributed by atoms with Crippen LogP contribution in [0.4, 0.5) is 17.1 Å². The summed E-state index contributed by atoms with van der Waals surface area (Å²) in [6.07, 6.45) is 0. The average Bonchev–Trinajstić information content (AvgIpc) is 3.17. The largest absolute Gasteiger partial charge is 0.318 e. The van der Waals surface area contributed by atoms with Gasteiger partial charge in [-0.15, -0.1) is 0 Å². The fraction of sp³-hybridized carbons (Fsp3) is 0.0833. The molecule has 5 rings (SSSR count). The van der Waals surface area contributed by atoms with Gasteiger partial charge in [-0.25, -0.2) is 0 Å². The Morgan fingerprint density at radius 2 is 1.27 bits per heavy atom. The number of fused-ring (bicyclic) bond motifs is 2. The molecule has 0 aromatic heterocycles. The molecule has 1 N–H and O–H groups in total. The fourth-order valence-electron chi connectivity index (χ4n) is 3.66. The SMILES string of the molecule is Cc1cccc(C)c1N1C(=O)C(=O)c2ccccc21.O=C1Nc2ccccc2C1=O. The zero-order valence-corrected chi connectivity index (χ0v) is 16.4. The van der Waals surface area contributed by atoms with Crippen molar-refractivity contribution in [3.8, 4) is 0 Å². The summed E-state index contributed by atoms with van der Waals surface area (Å²) in [5, 5.41) is 2.46. The van der Waals surface area contributed by atoms with Crippen LogP contribution in [0, 0.1) is 13.8 Å². The van der Waals surface area contributed by atoms with Crippen molar-refractivity contribution in [1.82, 2.24) is 0 Å². The molecule has 0 bridgehead atoms. The molecule has 2 amide bonds. The van der Waals surface area contributed by atoms with Crippen LogP contribution in [0.3, 0.4) is 0 Å². The number of anilines is 3. The zero-order valence-electron chi connectivity index (χ0n) is 16.4. The first-order chi connectivity index (χ1) is 14.4. The Balaban J connectivity index is 0.000000168. The van der Waals surface area contributed by atoms with Crippen LogP contribution in [0.2, 0.25) is 0 Å². The minimum Gasteiger partial charge on any atom is -0.318 e. The Labute approximate surface area is 173 Å². The van der Waals surface area contributed by atoms with Gasteiger partial charge in [0.15, 0.2) is 0 Å². The van der Waals surface area contributed by atoms with Gasteiger partial charge in [0.05, 0.1) is 28.2 Å². The number of aryl methyl sites for hydroxylation is 2. The molecular formula is C24H18N2O4. The van der Waals surface area contributed by atoms with Gasteiger partial charge in [0.25, 0.3) is 17.5 Å². The number of amides is 2. The molecule has 30 heavy (non-hydrogen) atoms. The van der Waals surface area contributed by atoms with Crippen molar-refractivity contribution in [1.29, 1.82) is 0 Å². The third kappa shape index (κ3) is 3.08. The van der Waals surface area contributed by atoms with Gasteiger partial charge in [-0.2, -0.15) is 0 Å². The number of rotatable bonds is 1. The van der Waals surface area contributed by atoms with E-state index in [0.717, 1.165) is 16.8 Å². The molecule has 6 nitrogen and oxygen atoms in total. The van der Waals surface area contributed by atoms with E-state index in [1.165, 1.54) is 4.90 Å². The quantitative estimate of drug-likeness (QED) is 0.629. The smallest absolute Gasteiger partial charge is 0.304 e. The molecule has 0 fully saturated rings. The van der Waals surface area contributed by atoms with Crippen LogP contribution in [0.25, 0.3) is 0 Å². The molecule has 3 aromatic rings. The standard InChI is InChI=1S/C16H13NO2.C8H5NO2/c1-10-6-5-7-11(2)14(10)17-13-9-4-3-8-12(13)15(18)16(17)19;10-7-5-3-1-2-4-6(5)9-8(7)11/h3-9H,1-2H3;1-4H,(H,9,10,11). The highest BCUT2D eigenvalue weighted by Gasteiger charge is 2.37. The number of para-hydroxylation sites is 3. The van der Waals surface area contributed by atoms with E-state index in [2.05, 4.69) is 5.32 Å². The number of Topliss-reactive ketones (excluding diaryl/α,β-unsaturated/α-hetero) is 2. The van der Waals surface area contributed by atoms with Gasteiger partial charge in [0, 0.05) is 0 Å². The monoisotopic (exact) mass is 398 g/mol. The lowest BCUT2D eigenvalue weighted by atomic mass is 10.1. The summed E-state index contributed by atoms with van der Waals surface area (Å²) in [6.45, 7) is 3.89. The molecule has 0 aliphatic carbocycles. The Morgan fingerprint density at radius 1 is 0.667 bits per heavy atom. The number of hydrogen-bond donors (Lipinski definition) is 1. The minimum absolute atomic E-state index is 0.432. The molecule has 0 radical (unpaired) electrons. The molecule has 148 valence electrons. The number of carbonyl (C=O) groups excluding carboxylic acids is 4. The van der Waals surface area contributed by atoms with Gasteiger partial charge >= 0.3 is 5.91 Å². The molecule has 0 saturated heterocycles. The first-order valence-corrected chi connectivity index (χ1v) is 9.39. The van der Waals surface area contributed by atoms with Gasteiger partial charge in [-0.05, 0) is 49.2 Å². The van der Waals surface area contributed by atoms with Crippen molar-refractivity contribution in [2.45, 2.75) is 13.8 Å². The predicted octanol–water partition coefficient (Wildman–Crippen LogP) is 3.99. The van der Waals surface area contributed by atoms with Gasteiger partial charge in [0.1, 0.15) is 0 Å². The Hall–Kier alpha value is -4.06. The van der Waals surface area contributed by atoms with Crippen LogP contribution >= 0.6 is 0 Å². The molecule has 3 aromatic carbocycles. The molecule has 0 spiro atoms. The van der Waals surface area contributed by atoms with Crippen molar-refractivity contribution in [2.75, 3.05) is 10.2 Å². The van der Waals surface area contributed by atoms with Crippen molar-refractivity contribution in [2.24, 2.45) is 0 Å². The number of ketones is 2. The first kappa shape index (κ1) is 19.3. The molecule has 6 heteroatoms. The Morgan fingerprint density at radius 3 is 1.93 bits per heavy atom. The van der Waals surface area contributed by atoms with E-state index < -0.39 is 23.4 Å². The van der Waals surface area contributed by atoms with Gasteiger partial charge < -0.3 is 5.32 Å². The van der Waals surface area contributed by atoms with Crippen molar-refractivity contribution >= 4 is 40.4 Å². The van der Waals surface area contributed by atoms with Gasteiger partial charge in [0.2, 0.25) is 0 Å². The summed E-state index contributed by atoms with van der Waals surface area (Å²) >= 11 is 0. The lowest BCUT2D eigenvalue weighted by Gasteiger charge is -2.21. The van der Waals surface area contributed by atoms with Crippen LogP contribution in [-0.2, 0) is 9.59 Å². The molecule has 0 unspecified atom stereocenters. The number of nitrogens with one attached hydrogen (secondary N) is 1. The second kappa shape index (κ2) is 7.40. The highest BCUT2D eigenvalue weighted by Crippen LogP contribution is 2.38. The number of carbonyl (C=O) groups is 4. The molecule has 2 heterocycles. The molecule has 0 atom stereocenters. The summed E-state index contributed by atoms with van der Waals surface area (Å²) in [5.74, 6) is -1.89. The van der Waals surface area contributed by atoms with Crippen LogP contribution in [-0.4, -0.2) is 23.4 Å². The maximum atomic E-state index is 12.2. The molecule has 2 aliphatic heterocycles. The fourth-order valence-corrected chi connectivity index (χ4v) is 3.66. The van der Waals surface area contributed by atoms with Gasteiger partial charge in [-0.1, -0.05) is 42.5 Å². The Bertz CT molecular complexity index is 1210. The van der Waals surface area contributed by atoms with E-state index >= 15 is 0 Å². The first-order valence-electron chi connectivity index (χ1n) is 9.39. The number of benzene rings is 3. The zero-order chi connectivity index (χ0) is 21.4. The van der Waals surface area contributed by atoms with Crippen LogP contribution in [0.1, 0.15) is 31.8 Å². The summed E-state index contributed by atoms with van der Waals surface area (Å²) in [4.78, 5) is 47.5. The number of nitrogens with zero attached hydrogens (tertiary/aromatic N) is 1. The minimum atomic E-state index is -0.536. The second-order valence-corrected chi connectivity index (χ2v) is 7.06. The number of hydrogen-bond acceptors (Lipinski definition) is 4. The Kier molecular flexibility index (Phi) is 4.75. The van der Waals surface area contributed by atoms with E-state index in [1.807, 2.05) is 44.2 Å². The third-order valence-corrected chi connectivity index (χ3v) is 5.08. The summed E-state index contributed by atoms with van der Waals surface area (Å²) in [6, 6.07) is 19.8. The second-order valence-electron chi connectivity index (χ2n) is 7.06. The van der Waals surface area contributed by atoms with Crippen molar-refractivity contribution in [3.05, 3.63) is 89.0 Å². The maximum absolute atomic E-state index is 12.2. The lowest BCUT2D eigenvalue weighted by molar-refractivity contribution is -0.113. The maximum Gasteiger partial charge on any atom is 0.304 e. The van der Waals surface area contributed by atoms with E-state index in [4.69, 9.17) is 0 Å². The van der Waals surface area contributed by atoms with E-state index in [1.54, 1.807) is 36.4 Å². The van der Waals surface area contributed by atoms with E-state index in [0.29, 0.717) is 22.5 Å². The highest BCUT2D eigenvalue weighted by atomic mass is 16.2. The van der Waals surface area contributed by atoms with Crippen LogP contribution < -0.4 is 10.2 Å². The summed E-state index contributed by atoms with van der Waals surface area (Å²) in [7, 11) is 0. The van der Waals surface area contributed by atoms with Crippen LogP contribution in [0.5, 0.6) is 0 Å². The summed E-state index contributed by atoms with van der Waals surface area (Å²) in [5.41, 5.74) is 5.02.